The lowest BCUT2D eigenvalue weighted by Crippen LogP contribution is -2.25. The molecule has 1 aromatic heterocycles. The number of nitrogens with zero attached hydrogens (tertiary/aromatic N) is 3. The Morgan fingerprint density at radius 1 is 1.29 bits per heavy atom. The largest absolute Gasteiger partial charge is 0.497 e. The molecule has 5 heteroatoms. The van der Waals surface area contributed by atoms with Gasteiger partial charge in [0.15, 0.2) is 0 Å². The number of unbranched alkanes of at least 4 members (excludes halogenated alkanes) is 1. The van der Waals surface area contributed by atoms with Crippen LogP contribution in [-0.2, 0) is 6.67 Å². The van der Waals surface area contributed by atoms with E-state index in [1.807, 2.05) is 33.7 Å². The number of amides is 1. The summed E-state index contributed by atoms with van der Waals surface area (Å²) < 4.78 is 7.16. The third kappa shape index (κ3) is 2.39. The fraction of sp³-hybridized carbons (Fsp3) is 0.375. The Morgan fingerprint density at radius 3 is 2.71 bits per heavy atom. The zero-order valence-electron chi connectivity index (χ0n) is 12.4. The van der Waals surface area contributed by atoms with Gasteiger partial charge in [-0.25, -0.2) is 4.98 Å². The van der Waals surface area contributed by atoms with Crippen LogP contribution in [0.15, 0.2) is 30.5 Å². The molecule has 5 nitrogen and oxygen atoms in total. The van der Waals surface area contributed by atoms with Gasteiger partial charge in [0, 0.05) is 12.1 Å². The van der Waals surface area contributed by atoms with Gasteiger partial charge in [-0.15, -0.1) is 0 Å². The number of rotatable bonds is 5. The van der Waals surface area contributed by atoms with Crippen molar-refractivity contribution >= 4 is 5.91 Å². The number of carbonyl (C=O) groups is 1. The first-order valence-electron chi connectivity index (χ1n) is 7.23. The zero-order valence-corrected chi connectivity index (χ0v) is 12.4. The van der Waals surface area contributed by atoms with Gasteiger partial charge in [0.05, 0.1) is 25.7 Å². The molecule has 0 unspecified atom stereocenters. The molecule has 0 radical (unpaired) electrons. The maximum atomic E-state index is 12.3. The molecule has 2 heterocycles. The molecule has 1 aliphatic heterocycles. The minimum atomic E-state index is 0.0308. The lowest BCUT2D eigenvalue weighted by atomic mass is 10.1. The minimum Gasteiger partial charge on any atom is -0.497 e. The molecule has 0 saturated carbocycles. The number of benzene rings is 1. The zero-order chi connectivity index (χ0) is 14.8. The van der Waals surface area contributed by atoms with E-state index in [0.29, 0.717) is 12.5 Å². The Labute approximate surface area is 124 Å². The van der Waals surface area contributed by atoms with Gasteiger partial charge in [-0.2, -0.15) is 0 Å². The molecule has 21 heavy (non-hydrogen) atoms. The van der Waals surface area contributed by atoms with Gasteiger partial charge in [0.1, 0.15) is 5.75 Å². The maximum absolute atomic E-state index is 12.3. The molecular formula is C16H19N3O2. The Morgan fingerprint density at radius 2 is 2.05 bits per heavy atom. The van der Waals surface area contributed by atoms with Crippen molar-refractivity contribution in [1.82, 2.24) is 14.5 Å². The Bertz CT molecular complexity index is 646. The van der Waals surface area contributed by atoms with Crippen LogP contribution < -0.4 is 4.74 Å². The average molecular weight is 285 g/mol. The van der Waals surface area contributed by atoms with E-state index in [2.05, 4.69) is 11.9 Å². The second kappa shape index (κ2) is 5.60. The van der Waals surface area contributed by atoms with E-state index in [-0.39, 0.29) is 5.91 Å². The van der Waals surface area contributed by atoms with Crippen LogP contribution in [0.2, 0.25) is 0 Å². The van der Waals surface area contributed by atoms with Gasteiger partial charge in [-0.1, -0.05) is 13.3 Å². The molecule has 0 saturated heterocycles. The number of hydrogen-bond donors (Lipinski definition) is 0. The third-order valence-electron chi connectivity index (χ3n) is 3.81. The van der Waals surface area contributed by atoms with Gasteiger partial charge in [-0.05, 0) is 30.7 Å². The highest BCUT2D eigenvalue weighted by Gasteiger charge is 2.30. The van der Waals surface area contributed by atoms with Crippen LogP contribution >= 0.6 is 0 Å². The first-order chi connectivity index (χ1) is 10.2. The van der Waals surface area contributed by atoms with Crippen LogP contribution in [0.4, 0.5) is 0 Å². The van der Waals surface area contributed by atoms with Crippen molar-refractivity contribution in [3.8, 4) is 17.0 Å². The molecule has 110 valence electrons. The number of hydrogen-bond acceptors (Lipinski definition) is 3. The molecule has 0 N–H and O–H groups in total. The molecule has 0 aliphatic carbocycles. The number of aromatic nitrogens is 2. The van der Waals surface area contributed by atoms with Crippen molar-refractivity contribution in [3.63, 3.8) is 0 Å². The van der Waals surface area contributed by atoms with Crippen LogP contribution in [0, 0.1) is 0 Å². The van der Waals surface area contributed by atoms with E-state index in [9.17, 15) is 4.79 Å². The molecule has 3 rings (SSSR count). The fourth-order valence-electron chi connectivity index (χ4n) is 2.58. The van der Waals surface area contributed by atoms with Crippen molar-refractivity contribution in [2.24, 2.45) is 0 Å². The van der Waals surface area contributed by atoms with E-state index >= 15 is 0 Å². The first kappa shape index (κ1) is 13.7. The first-order valence-corrected chi connectivity index (χ1v) is 7.23. The highest BCUT2D eigenvalue weighted by Crippen LogP contribution is 2.27. The van der Waals surface area contributed by atoms with Crippen LogP contribution in [-0.4, -0.2) is 34.0 Å². The van der Waals surface area contributed by atoms with E-state index in [0.717, 1.165) is 36.4 Å². The summed E-state index contributed by atoms with van der Waals surface area (Å²) in [4.78, 5) is 18.4. The molecule has 1 aromatic carbocycles. The Kier molecular flexibility index (Phi) is 3.64. The summed E-state index contributed by atoms with van der Waals surface area (Å²) in [6, 6.07) is 7.81. The average Bonchev–Trinajstić information content (AvgIpc) is 3.06. The summed E-state index contributed by atoms with van der Waals surface area (Å²) in [7, 11) is 1.65. The van der Waals surface area contributed by atoms with Crippen LogP contribution in [0.1, 0.15) is 30.4 Å². The number of imidazole rings is 1. The van der Waals surface area contributed by atoms with E-state index in [1.165, 1.54) is 0 Å². The van der Waals surface area contributed by atoms with Crippen molar-refractivity contribution < 1.29 is 9.53 Å². The summed E-state index contributed by atoms with van der Waals surface area (Å²) >= 11 is 0. The molecule has 0 fully saturated rings. The quantitative estimate of drug-likeness (QED) is 0.848. The summed E-state index contributed by atoms with van der Waals surface area (Å²) in [6.07, 6.45) is 3.87. The van der Waals surface area contributed by atoms with Crippen molar-refractivity contribution in [2.75, 3.05) is 13.7 Å². The van der Waals surface area contributed by atoms with Gasteiger partial charge in [-0.3, -0.25) is 4.79 Å². The van der Waals surface area contributed by atoms with Crippen molar-refractivity contribution in [3.05, 3.63) is 36.3 Å². The van der Waals surface area contributed by atoms with Crippen LogP contribution in [0.25, 0.3) is 11.3 Å². The lowest BCUT2D eigenvalue weighted by molar-refractivity contribution is 0.0764. The van der Waals surface area contributed by atoms with Gasteiger partial charge < -0.3 is 14.2 Å². The van der Waals surface area contributed by atoms with E-state index in [1.54, 1.807) is 13.3 Å². The summed E-state index contributed by atoms with van der Waals surface area (Å²) in [5, 5.41) is 0. The number of fused-ring (bicyclic) bond motifs is 1. The monoisotopic (exact) mass is 285 g/mol. The van der Waals surface area contributed by atoms with E-state index < -0.39 is 0 Å². The highest BCUT2D eigenvalue weighted by atomic mass is 16.5. The smallest absolute Gasteiger partial charge is 0.291 e. The SMILES string of the molecule is CCCCN1Cn2c(-c3ccc(OC)cc3)cnc2C1=O. The number of ether oxygens (including phenoxy) is 1. The molecule has 1 aliphatic rings. The second-order valence-corrected chi connectivity index (χ2v) is 5.19. The standard InChI is InChI=1S/C16H19N3O2/c1-3-4-9-18-11-19-14(10-17-15(19)16(18)20)12-5-7-13(21-2)8-6-12/h5-8,10H,3-4,9,11H2,1-2H3. The summed E-state index contributed by atoms with van der Waals surface area (Å²) in [6.45, 7) is 3.51. The van der Waals surface area contributed by atoms with Crippen molar-refractivity contribution in [2.45, 2.75) is 26.4 Å². The number of carbonyl (C=O) groups excluding carboxylic acids is 1. The molecule has 1 amide bonds. The van der Waals surface area contributed by atoms with Crippen LogP contribution in [0.3, 0.4) is 0 Å². The molecule has 0 spiro atoms. The predicted molar refractivity (Wildman–Crippen MR) is 80.2 cm³/mol. The molecule has 2 aromatic rings. The third-order valence-corrected chi connectivity index (χ3v) is 3.81. The lowest BCUT2D eigenvalue weighted by Gasteiger charge is -2.15. The molecular weight excluding hydrogens is 266 g/mol. The summed E-state index contributed by atoms with van der Waals surface area (Å²) in [5.41, 5.74) is 2.01. The summed E-state index contributed by atoms with van der Waals surface area (Å²) in [5.74, 6) is 1.39. The highest BCUT2D eigenvalue weighted by molar-refractivity contribution is 5.93. The van der Waals surface area contributed by atoms with Gasteiger partial charge in [0.2, 0.25) is 5.82 Å². The fourth-order valence-corrected chi connectivity index (χ4v) is 2.58. The topological polar surface area (TPSA) is 47.4 Å². The van der Waals surface area contributed by atoms with E-state index in [4.69, 9.17) is 4.74 Å². The van der Waals surface area contributed by atoms with Crippen LogP contribution in [0.5, 0.6) is 5.75 Å². The van der Waals surface area contributed by atoms with Gasteiger partial charge >= 0.3 is 0 Å². The van der Waals surface area contributed by atoms with Crippen molar-refractivity contribution in [1.29, 1.82) is 0 Å². The maximum Gasteiger partial charge on any atom is 0.291 e. The Hall–Kier alpha value is -2.30. The van der Waals surface area contributed by atoms with Gasteiger partial charge in [0.25, 0.3) is 5.91 Å². The normalized spacial score (nSPS) is 13.6. The second-order valence-electron chi connectivity index (χ2n) is 5.19. The predicted octanol–water partition coefficient (Wildman–Crippen LogP) is 2.77. The number of methoxy groups -OCH3 is 1. The molecule has 0 atom stereocenters. The minimum absolute atomic E-state index is 0.0308. The molecule has 0 bridgehead atoms. The Balaban J connectivity index is 1.87.